The van der Waals surface area contributed by atoms with E-state index in [1.54, 1.807) is 12.4 Å². The Morgan fingerprint density at radius 3 is 2.95 bits per heavy atom. The van der Waals surface area contributed by atoms with E-state index in [-0.39, 0.29) is 5.91 Å². The predicted molar refractivity (Wildman–Crippen MR) is 78.3 cm³/mol. The molecule has 0 bridgehead atoms. The summed E-state index contributed by atoms with van der Waals surface area (Å²) in [6.07, 6.45) is 3.95. The summed E-state index contributed by atoms with van der Waals surface area (Å²) in [6, 6.07) is 1.43. The summed E-state index contributed by atoms with van der Waals surface area (Å²) in [4.78, 5) is 38.5. The van der Waals surface area contributed by atoms with Crippen molar-refractivity contribution in [2.45, 2.75) is 18.9 Å². The van der Waals surface area contributed by atoms with E-state index in [9.17, 15) is 9.59 Å². The average Bonchev–Trinajstić information content (AvgIpc) is 3.02. The van der Waals surface area contributed by atoms with Crippen molar-refractivity contribution in [2.24, 2.45) is 0 Å². The Morgan fingerprint density at radius 1 is 1.32 bits per heavy atom. The van der Waals surface area contributed by atoms with Gasteiger partial charge in [-0.3, -0.25) is 15.1 Å². The van der Waals surface area contributed by atoms with Gasteiger partial charge in [0.1, 0.15) is 17.2 Å². The van der Waals surface area contributed by atoms with Gasteiger partial charge >= 0.3 is 6.03 Å². The van der Waals surface area contributed by atoms with Crippen molar-refractivity contribution in [1.29, 1.82) is 0 Å². The van der Waals surface area contributed by atoms with Crippen molar-refractivity contribution < 1.29 is 9.59 Å². The summed E-state index contributed by atoms with van der Waals surface area (Å²) in [5.74, 6) is 1.16. The van der Waals surface area contributed by atoms with E-state index in [1.165, 1.54) is 0 Å². The molecule has 2 aliphatic rings. The molecule has 0 aliphatic carbocycles. The molecular formula is C14H14N6O2. The minimum absolute atomic E-state index is 0.267. The number of hydrogen-bond acceptors (Lipinski definition) is 6. The number of anilines is 1. The Balaban J connectivity index is 1.75. The van der Waals surface area contributed by atoms with E-state index < -0.39 is 11.6 Å². The van der Waals surface area contributed by atoms with Crippen molar-refractivity contribution in [1.82, 2.24) is 25.6 Å². The SMILES string of the molecule is Cc1nc(N2CCC3(C2)NC(=O)NC3=O)c2ccncc2n1. The molecule has 4 heterocycles. The van der Waals surface area contributed by atoms with Crippen LogP contribution in [0.5, 0.6) is 0 Å². The quantitative estimate of drug-likeness (QED) is 0.725. The van der Waals surface area contributed by atoms with Crippen molar-refractivity contribution in [3.8, 4) is 0 Å². The second-order valence-corrected chi connectivity index (χ2v) is 5.65. The fourth-order valence-electron chi connectivity index (χ4n) is 3.12. The lowest BCUT2D eigenvalue weighted by molar-refractivity contribution is -0.123. The normalized spacial score (nSPS) is 24.1. The van der Waals surface area contributed by atoms with Crippen LogP contribution in [-0.2, 0) is 4.79 Å². The van der Waals surface area contributed by atoms with Crippen molar-refractivity contribution in [3.05, 3.63) is 24.3 Å². The number of carbonyl (C=O) groups is 2. The zero-order valence-corrected chi connectivity index (χ0v) is 12.0. The second-order valence-electron chi connectivity index (χ2n) is 5.65. The Bertz CT molecular complexity index is 807. The molecular weight excluding hydrogens is 284 g/mol. The number of aromatic nitrogens is 3. The number of imide groups is 1. The first-order chi connectivity index (χ1) is 10.6. The monoisotopic (exact) mass is 298 g/mol. The first-order valence-electron chi connectivity index (χ1n) is 7.04. The molecule has 22 heavy (non-hydrogen) atoms. The number of amides is 3. The molecule has 1 spiro atoms. The molecule has 2 N–H and O–H groups in total. The maximum Gasteiger partial charge on any atom is 0.322 e. The van der Waals surface area contributed by atoms with Gasteiger partial charge in [-0.1, -0.05) is 0 Å². The second kappa shape index (κ2) is 4.36. The number of nitrogens with one attached hydrogen (secondary N) is 2. The van der Waals surface area contributed by atoms with Crippen molar-refractivity contribution in [3.63, 3.8) is 0 Å². The zero-order chi connectivity index (χ0) is 15.3. The van der Waals surface area contributed by atoms with Gasteiger partial charge in [-0.15, -0.1) is 0 Å². The van der Waals surface area contributed by atoms with Crippen LogP contribution in [0, 0.1) is 6.92 Å². The minimum atomic E-state index is -0.852. The Morgan fingerprint density at radius 2 is 2.18 bits per heavy atom. The third-order valence-corrected chi connectivity index (χ3v) is 4.17. The lowest BCUT2D eigenvalue weighted by Gasteiger charge is -2.22. The number of urea groups is 1. The highest BCUT2D eigenvalue weighted by Crippen LogP contribution is 2.31. The van der Waals surface area contributed by atoms with Gasteiger partial charge < -0.3 is 10.2 Å². The van der Waals surface area contributed by atoms with Gasteiger partial charge in [-0.25, -0.2) is 14.8 Å². The van der Waals surface area contributed by atoms with Gasteiger partial charge in [0.15, 0.2) is 0 Å². The molecule has 0 radical (unpaired) electrons. The molecule has 1 atom stereocenters. The van der Waals surface area contributed by atoms with Crippen LogP contribution in [0.4, 0.5) is 10.6 Å². The number of aryl methyl sites for hydroxylation is 1. The number of hydrogen-bond donors (Lipinski definition) is 2. The summed E-state index contributed by atoms with van der Waals surface area (Å²) in [5.41, 5.74) is -0.0826. The van der Waals surface area contributed by atoms with E-state index >= 15 is 0 Å². The van der Waals surface area contributed by atoms with Crippen LogP contribution in [0.15, 0.2) is 18.5 Å². The molecule has 0 aromatic carbocycles. The summed E-state index contributed by atoms with van der Waals surface area (Å²) in [6.45, 7) is 2.87. The molecule has 112 valence electrons. The Hall–Kier alpha value is -2.77. The van der Waals surface area contributed by atoms with E-state index in [4.69, 9.17) is 0 Å². The van der Waals surface area contributed by atoms with Crippen LogP contribution in [0.25, 0.3) is 10.9 Å². The molecule has 2 aromatic rings. The number of nitrogens with zero attached hydrogens (tertiary/aromatic N) is 4. The average molecular weight is 298 g/mol. The number of carbonyl (C=O) groups excluding carboxylic acids is 2. The molecule has 2 fully saturated rings. The van der Waals surface area contributed by atoms with E-state index in [2.05, 4.69) is 25.6 Å². The largest absolute Gasteiger partial charge is 0.353 e. The van der Waals surface area contributed by atoms with Gasteiger partial charge in [0.05, 0.1) is 18.3 Å². The van der Waals surface area contributed by atoms with Gasteiger partial charge in [-0.05, 0) is 19.4 Å². The fourth-order valence-corrected chi connectivity index (χ4v) is 3.12. The number of fused-ring (bicyclic) bond motifs is 1. The molecule has 4 rings (SSSR count). The standard InChI is InChI=1S/C14H14N6O2/c1-8-16-10-6-15-4-2-9(10)11(17-8)20-5-3-14(7-20)12(21)18-13(22)19-14/h2,4,6H,3,5,7H2,1H3,(H2,18,19,21,22). The highest BCUT2D eigenvalue weighted by Gasteiger charge is 2.51. The van der Waals surface area contributed by atoms with E-state index in [1.807, 2.05) is 17.9 Å². The molecule has 3 amide bonds. The lowest BCUT2D eigenvalue weighted by atomic mass is 10.00. The van der Waals surface area contributed by atoms with Crippen LogP contribution < -0.4 is 15.5 Å². The maximum absolute atomic E-state index is 12.1. The van der Waals surface area contributed by atoms with E-state index in [0.29, 0.717) is 25.3 Å². The topological polar surface area (TPSA) is 100 Å². The Labute approximate surface area is 125 Å². The zero-order valence-electron chi connectivity index (χ0n) is 12.0. The molecule has 8 heteroatoms. The van der Waals surface area contributed by atoms with Crippen LogP contribution in [0.1, 0.15) is 12.2 Å². The van der Waals surface area contributed by atoms with Gasteiger partial charge in [0.2, 0.25) is 0 Å². The van der Waals surface area contributed by atoms with Gasteiger partial charge in [0, 0.05) is 18.1 Å². The highest BCUT2D eigenvalue weighted by molar-refractivity contribution is 6.08. The summed E-state index contributed by atoms with van der Waals surface area (Å²) < 4.78 is 0. The van der Waals surface area contributed by atoms with Crippen molar-refractivity contribution >= 4 is 28.7 Å². The van der Waals surface area contributed by atoms with Crippen LogP contribution in [0.3, 0.4) is 0 Å². The minimum Gasteiger partial charge on any atom is -0.353 e. The predicted octanol–water partition coefficient (Wildman–Crippen LogP) is 0.122. The molecule has 2 aromatic heterocycles. The van der Waals surface area contributed by atoms with Crippen LogP contribution >= 0.6 is 0 Å². The van der Waals surface area contributed by atoms with Crippen LogP contribution in [0.2, 0.25) is 0 Å². The third kappa shape index (κ3) is 1.80. The number of rotatable bonds is 1. The summed E-state index contributed by atoms with van der Waals surface area (Å²) >= 11 is 0. The fraction of sp³-hybridized carbons (Fsp3) is 0.357. The van der Waals surface area contributed by atoms with Gasteiger partial charge in [0.25, 0.3) is 5.91 Å². The molecule has 8 nitrogen and oxygen atoms in total. The summed E-state index contributed by atoms with van der Waals surface area (Å²) in [7, 11) is 0. The molecule has 1 unspecified atom stereocenters. The highest BCUT2D eigenvalue weighted by atomic mass is 16.2. The summed E-state index contributed by atoms with van der Waals surface area (Å²) in [5, 5.41) is 5.95. The molecule has 2 aliphatic heterocycles. The maximum atomic E-state index is 12.1. The first-order valence-corrected chi connectivity index (χ1v) is 7.04. The third-order valence-electron chi connectivity index (χ3n) is 4.17. The van der Waals surface area contributed by atoms with Crippen LogP contribution in [-0.4, -0.2) is 45.5 Å². The van der Waals surface area contributed by atoms with Crippen molar-refractivity contribution in [2.75, 3.05) is 18.0 Å². The first kappa shape index (κ1) is 12.9. The van der Waals surface area contributed by atoms with E-state index in [0.717, 1.165) is 16.7 Å². The smallest absolute Gasteiger partial charge is 0.322 e. The number of pyridine rings is 1. The Kier molecular flexibility index (Phi) is 2.56. The lowest BCUT2D eigenvalue weighted by Crippen LogP contribution is -2.49. The molecule has 0 saturated carbocycles. The van der Waals surface area contributed by atoms with Gasteiger partial charge in [-0.2, -0.15) is 0 Å². The molecule has 2 saturated heterocycles.